The lowest BCUT2D eigenvalue weighted by molar-refractivity contribution is -0.122. The second-order valence-electron chi connectivity index (χ2n) is 6.36. The molecule has 9 heteroatoms. The first-order valence-electron chi connectivity index (χ1n) is 9.51. The molecule has 3 rings (SSSR count). The number of likely N-dealkylation sites (N-methyl/N-ethyl adjacent to an activating group) is 1. The van der Waals surface area contributed by atoms with Gasteiger partial charge in [-0.3, -0.25) is 9.69 Å². The van der Waals surface area contributed by atoms with E-state index in [1.807, 2.05) is 19.9 Å². The van der Waals surface area contributed by atoms with Crippen LogP contribution in [-0.2, 0) is 4.79 Å². The fraction of sp³-hybridized carbons (Fsp3) is 0.227. The highest BCUT2D eigenvalue weighted by Crippen LogP contribution is 2.38. The van der Waals surface area contributed by atoms with Gasteiger partial charge in [-0.1, -0.05) is 15.9 Å². The van der Waals surface area contributed by atoms with Crippen LogP contribution in [0.25, 0.3) is 6.08 Å². The summed E-state index contributed by atoms with van der Waals surface area (Å²) < 4.78 is 11.8. The van der Waals surface area contributed by atoms with E-state index in [9.17, 15) is 9.59 Å². The van der Waals surface area contributed by atoms with Crippen LogP contribution in [0.1, 0.15) is 29.8 Å². The number of amidine groups is 1. The summed E-state index contributed by atoms with van der Waals surface area (Å²) in [5.41, 5.74) is 1.54. The second-order valence-corrected chi connectivity index (χ2v) is 8.23. The van der Waals surface area contributed by atoms with Gasteiger partial charge in [-0.25, -0.2) is 9.79 Å². The fourth-order valence-corrected chi connectivity index (χ4v) is 4.38. The second kappa shape index (κ2) is 10.0. The maximum absolute atomic E-state index is 12.9. The minimum Gasteiger partial charge on any atom is -0.493 e. The molecule has 1 amide bonds. The molecule has 2 aromatic carbocycles. The summed E-state index contributed by atoms with van der Waals surface area (Å²) >= 11 is 4.80. The standard InChI is InChI=1S/C22H21BrN2O5S/c1-4-25-20(26)19(11-14-10-18(30-5-2)17(29-3)12-16(14)23)31-22(25)24-15-8-6-13(7-9-15)21(27)28/h6-12H,4-5H2,1-3H3,(H,27,28)/b19-11-,24-22?. The number of ether oxygens (including phenoxy) is 2. The van der Waals surface area contributed by atoms with Crippen LogP contribution in [0.15, 0.2) is 50.8 Å². The summed E-state index contributed by atoms with van der Waals surface area (Å²) in [4.78, 5) is 30.6. The van der Waals surface area contributed by atoms with Crippen LogP contribution in [0.3, 0.4) is 0 Å². The number of rotatable bonds is 7. The van der Waals surface area contributed by atoms with Crippen LogP contribution in [0.4, 0.5) is 5.69 Å². The molecule has 0 unspecified atom stereocenters. The van der Waals surface area contributed by atoms with Crippen molar-refractivity contribution in [3.05, 3.63) is 56.9 Å². The Hall–Kier alpha value is -2.78. The van der Waals surface area contributed by atoms with Gasteiger partial charge in [-0.15, -0.1) is 0 Å². The first-order chi connectivity index (χ1) is 14.9. The SMILES string of the molecule is CCOc1cc(/C=C2\SC(=Nc3ccc(C(=O)O)cc3)N(CC)C2=O)c(Br)cc1OC. The molecule has 1 N–H and O–H groups in total. The molecule has 1 heterocycles. The zero-order valence-electron chi connectivity index (χ0n) is 17.2. The van der Waals surface area contributed by atoms with Crippen LogP contribution >= 0.6 is 27.7 Å². The molecule has 0 aromatic heterocycles. The molecule has 162 valence electrons. The summed E-state index contributed by atoms with van der Waals surface area (Å²) in [6, 6.07) is 9.83. The van der Waals surface area contributed by atoms with E-state index >= 15 is 0 Å². The molecule has 31 heavy (non-hydrogen) atoms. The smallest absolute Gasteiger partial charge is 0.335 e. The minimum absolute atomic E-state index is 0.144. The Morgan fingerprint density at radius 2 is 1.94 bits per heavy atom. The third-order valence-electron chi connectivity index (χ3n) is 4.41. The quantitative estimate of drug-likeness (QED) is 0.522. The predicted octanol–water partition coefficient (Wildman–Crippen LogP) is 5.18. The highest BCUT2D eigenvalue weighted by molar-refractivity contribution is 9.10. The van der Waals surface area contributed by atoms with Gasteiger partial charge in [-0.2, -0.15) is 0 Å². The molecule has 1 saturated heterocycles. The van der Waals surface area contributed by atoms with Crippen molar-refractivity contribution < 1.29 is 24.2 Å². The van der Waals surface area contributed by atoms with Gasteiger partial charge in [-0.05, 0) is 73.6 Å². The molecule has 0 aliphatic carbocycles. The Kier molecular flexibility index (Phi) is 7.40. The number of carboxylic acids is 1. The van der Waals surface area contributed by atoms with Crippen molar-refractivity contribution in [2.75, 3.05) is 20.3 Å². The molecule has 1 aliphatic rings. The first kappa shape index (κ1) is 22.9. The molecular formula is C22H21BrN2O5S. The Morgan fingerprint density at radius 3 is 2.52 bits per heavy atom. The van der Waals surface area contributed by atoms with Gasteiger partial charge >= 0.3 is 5.97 Å². The number of thioether (sulfide) groups is 1. The highest BCUT2D eigenvalue weighted by atomic mass is 79.9. The van der Waals surface area contributed by atoms with Gasteiger partial charge in [0.25, 0.3) is 5.91 Å². The van der Waals surface area contributed by atoms with E-state index in [4.69, 9.17) is 14.6 Å². The molecule has 0 saturated carbocycles. The maximum atomic E-state index is 12.9. The van der Waals surface area contributed by atoms with Gasteiger partial charge in [0.15, 0.2) is 16.7 Å². The number of hydrogen-bond donors (Lipinski definition) is 1. The molecule has 1 aliphatic heterocycles. The van der Waals surface area contributed by atoms with Gasteiger partial charge in [0.1, 0.15) is 0 Å². The number of carboxylic acid groups (broad SMARTS) is 1. The summed E-state index contributed by atoms with van der Waals surface area (Å²) in [6.07, 6.45) is 1.79. The number of aromatic carboxylic acids is 1. The zero-order chi connectivity index (χ0) is 22.5. The average Bonchev–Trinajstić information content (AvgIpc) is 3.04. The van der Waals surface area contributed by atoms with Crippen LogP contribution in [-0.4, -0.2) is 47.3 Å². The lowest BCUT2D eigenvalue weighted by atomic mass is 10.2. The van der Waals surface area contributed by atoms with Gasteiger partial charge in [0.05, 0.1) is 29.9 Å². The van der Waals surface area contributed by atoms with E-state index in [0.717, 1.165) is 10.0 Å². The molecule has 0 bridgehead atoms. The number of halogens is 1. The fourth-order valence-electron chi connectivity index (χ4n) is 2.89. The Bertz CT molecular complexity index is 1070. The molecule has 0 radical (unpaired) electrons. The number of carbonyl (C=O) groups is 2. The van der Waals surface area contributed by atoms with Crippen molar-refractivity contribution in [1.82, 2.24) is 4.90 Å². The third kappa shape index (κ3) is 5.11. The first-order valence-corrected chi connectivity index (χ1v) is 11.1. The summed E-state index contributed by atoms with van der Waals surface area (Å²) in [6.45, 7) is 4.72. The van der Waals surface area contributed by atoms with E-state index < -0.39 is 5.97 Å². The number of hydrogen-bond acceptors (Lipinski definition) is 6. The summed E-state index contributed by atoms with van der Waals surface area (Å²) in [5.74, 6) is 0.0503. The van der Waals surface area contributed by atoms with Gasteiger partial charge in [0.2, 0.25) is 0 Å². The number of nitrogens with zero attached hydrogens (tertiary/aromatic N) is 2. The van der Waals surface area contributed by atoms with Gasteiger partial charge < -0.3 is 14.6 Å². The van der Waals surface area contributed by atoms with Crippen LogP contribution in [0, 0.1) is 0 Å². The Balaban J connectivity index is 1.95. The maximum Gasteiger partial charge on any atom is 0.335 e. The van der Waals surface area contributed by atoms with Crippen molar-refractivity contribution in [1.29, 1.82) is 0 Å². The number of benzene rings is 2. The van der Waals surface area contributed by atoms with Crippen molar-refractivity contribution in [3.63, 3.8) is 0 Å². The molecule has 0 spiro atoms. The van der Waals surface area contributed by atoms with E-state index in [1.54, 1.807) is 36.3 Å². The normalized spacial score (nSPS) is 16.3. The highest BCUT2D eigenvalue weighted by Gasteiger charge is 2.32. The average molecular weight is 505 g/mol. The van der Waals surface area contributed by atoms with Crippen LogP contribution in [0.2, 0.25) is 0 Å². The van der Waals surface area contributed by atoms with E-state index in [0.29, 0.717) is 40.4 Å². The van der Waals surface area contributed by atoms with E-state index in [1.165, 1.54) is 23.9 Å². The van der Waals surface area contributed by atoms with E-state index in [-0.39, 0.29) is 11.5 Å². The Labute approximate surface area is 192 Å². The number of methoxy groups -OCH3 is 1. The van der Waals surface area contributed by atoms with Gasteiger partial charge in [0, 0.05) is 11.0 Å². The van der Waals surface area contributed by atoms with Crippen LogP contribution < -0.4 is 9.47 Å². The summed E-state index contributed by atoms with van der Waals surface area (Å²) in [5, 5.41) is 9.58. The predicted molar refractivity (Wildman–Crippen MR) is 125 cm³/mol. The molecular weight excluding hydrogens is 484 g/mol. The number of aliphatic imine (C=N–C) groups is 1. The zero-order valence-corrected chi connectivity index (χ0v) is 19.6. The van der Waals surface area contributed by atoms with Crippen molar-refractivity contribution in [2.24, 2.45) is 4.99 Å². The van der Waals surface area contributed by atoms with Crippen LogP contribution in [0.5, 0.6) is 11.5 Å². The molecule has 2 aromatic rings. The molecule has 0 atom stereocenters. The van der Waals surface area contributed by atoms with E-state index in [2.05, 4.69) is 20.9 Å². The molecule has 1 fully saturated rings. The minimum atomic E-state index is -0.999. The largest absolute Gasteiger partial charge is 0.493 e. The number of amides is 1. The monoisotopic (exact) mass is 504 g/mol. The van der Waals surface area contributed by atoms with Crippen molar-refractivity contribution in [3.8, 4) is 11.5 Å². The molecule has 7 nitrogen and oxygen atoms in total. The summed E-state index contributed by atoms with van der Waals surface area (Å²) in [7, 11) is 1.57. The van der Waals surface area contributed by atoms with Crippen molar-refractivity contribution in [2.45, 2.75) is 13.8 Å². The lowest BCUT2D eigenvalue weighted by Gasteiger charge is -2.12. The third-order valence-corrected chi connectivity index (χ3v) is 6.11. The Morgan fingerprint density at radius 1 is 1.23 bits per heavy atom. The lowest BCUT2D eigenvalue weighted by Crippen LogP contribution is -2.28. The number of carbonyl (C=O) groups excluding carboxylic acids is 1. The van der Waals surface area contributed by atoms with Crippen molar-refractivity contribution >= 4 is 56.5 Å². The topological polar surface area (TPSA) is 88.4 Å².